The highest BCUT2D eigenvalue weighted by atomic mass is 32.2. The normalized spacial score (nSPS) is 10.8. The van der Waals surface area contributed by atoms with E-state index in [1.54, 1.807) is 31.2 Å². The molecule has 0 unspecified atom stereocenters. The highest BCUT2D eigenvalue weighted by Gasteiger charge is 2.25. The number of carbonyl (C=O) groups excluding carboxylic acids is 1. The highest BCUT2D eigenvalue weighted by molar-refractivity contribution is 7.89. The molecular weight excluding hydrogens is 454 g/mol. The Hall–Kier alpha value is -4.30. The first-order chi connectivity index (χ1) is 15.7. The standard InChI is InChI=1S/C19H19N7O6S/c1-12-3-9-15(10-4-12)33(30,31)25-23-18-16(26(28)29)17(20-11-21-18)22-24-19(27)13-5-7-14(32-2)8-6-13/h3-11,25H,1-2H3,(H,24,27)(H2,20,21,22,23). The number of aryl methyl sites for hydroxylation is 1. The Balaban J connectivity index is 1.75. The topological polar surface area (TPSA) is 177 Å². The van der Waals surface area contributed by atoms with E-state index >= 15 is 0 Å². The lowest BCUT2D eigenvalue weighted by atomic mass is 10.2. The van der Waals surface area contributed by atoms with Crippen molar-refractivity contribution in [2.45, 2.75) is 11.8 Å². The molecule has 13 nitrogen and oxygen atoms in total. The van der Waals surface area contributed by atoms with Crippen molar-refractivity contribution < 1.29 is 22.9 Å². The molecule has 0 fully saturated rings. The number of nitrogens with zero attached hydrogens (tertiary/aromatic N) is 3. The minimum Gasteiger partial charge on any atom is -0.497 e. The van der Waals surface area contributed by atoms with Crippen LogP contribution in [0.2, 0.25) is 0 Å². The second-order valence-corrected chi connectivity index (χ2v) is 8.21. The molecule has 0 saturated heterocycles. The summed E-state index contributed by atoms with van der Waals surface area (Å²) in [5.74, 6) is -0.851. The molecule has 0 saturated carbocycles. The van der Waals surface area contributed by atoms with Crippen LogP contribution in [0.3, 0.4) is 0 Å². The van der Waals surface area contributed by atoms with E-state index in [1.807, 2.05) is 4.83 Å². The largest absolute Gasteiger partial charge is 0.497 e. The third-order valence-electron chi connectivity index (χ3n) is 4.29. The molecule has 1 heterocycles. The minimum atomic E-state index is -4.04. The van der Waals surface area contributed by atoms with Crippen molar-refractivity contribution in [2.75, 3.05) is 18.0 Å². The number of rotatable bonds is 9. The van der Waals surface area contributed by atoms with Crippen molar-refractivity contribution in [2.24, 2.45) is 0 Å². The van der Waals surface area contributed by atoms with Crippen LogP contribution >= 0.6 is 0 Å². The molecule has 0 radical (unpaired) electrons. The molecule has 0 atom stereocenters. The summed E-state index contributed by atoms with van der Waals surface area (Å²) in [6, 6.07) is 12.1. The molecule has 4 N–H and O–H groups in total. The number of nitro groups is 1. The SMILES string of the molecule is COc1ccc(C(=O)NNc2ncnc(NNS(=O)(=O)c3ccc(C)cc3)c2[N+](=O)[O-])cc1. The van der Waals surface area contributed by atoms with E-state index in [0.29, 0.717) is 5.75 Å². The summed E-state index contributed by atoms with van der Waals surface area (Å²) in [5, 5.41) is 11.6. The second kappa shape index (κ2) is 9.88. The van der Waals surface area contributed by atoms with E-state index in [2.05, 4.69) is 26.2 Å². The van der Waals surface area contributed by atoms with Gasteiger partial charge in [0, 0.05) is 5.56 Å². The van der Waals surface area contributed by atoms with Gasteiger partial charge in [0.25, 0.3) is 15.9 Å². The van der Waals surface area contributed by atoms with Crippen molar-refractivity contribution in [3.05, 3.63) is 76.1 Å². The number of aromatic nitrogens is 2. The Morgan fingerprint density at radius 1 is 1.00 bits per heavy atom. The van der Waals surface area contributed by atoms with Crippen LogP contribution in [0.15, 0.2) is 59.8 Å². The van der Waals surface area contributed by atoms with Gasteiger partial charge < -0.3 is 4.74 Å². The van der Waals surface area contributed by atoms with Crippen LogP contribution < -0.4 is 25.8 Å². The molecule has 0 bridgehead atoms. The highest BCUT2D eigenvalue weighted by Crippen LogP contribution is 2.28. The van der Waals surface area contributed by atoms with Crippen LogP contribution in [0.5, 0.6) is 5.75 Å². The second-order valence-electron chi connectivity index (χ2n) is 6.53. The van der Waals surface area contributed by atoms with Gasteiger partial charge in [-0.3, -0.25) is 31.2 Å². The van der Waals surface area contributed by atoms with Crippen molar-refractivity contribution >= 4 is 33.3 Å². The smallest absolute Gasteiger partial charge is 0.356 e. The molecule has 172 valence electrons. The number of carbonyl (C=O) groups is 1. The van der Waals surface area contributed by atoms with Crippen molar-refractivity contribution in [3.63, 3.8) is 0 Å². The number of benzene rings is 2. The number of hydrazine groups is 2. The average Bonchev–Trinajstić information content (AvgIpc) is 2.81. The van der Waals surface area contributed by atoms with Gasteiger partial charge in [-0.2, -0.15) is 0 Å². The number of ether oxygens (including phenoxy) is 1. The molecular formula is C19H19N7O6S. The van der Waals surface area contributed by atoms with Gasteiger partial charge in [-0.25, -0.2) is 18.4 Å². The lowest BCUT2D eigenvalue weighted by Crippen LogP contribution is -2.32. The van der Waals surface area contributed by atoms with Crippen molar-refractivity contribution in [1.29, 1.82) is 0 Å². The zero-order valence-electron chi connectivity index (χ0n) is 17.4. The summed E-state index contributed by atoms with van der Waals surface area (Å²) >= 11 is 0. The molecule has 0 spiro atoms. The molecule has 14 heteroatoms. The molecule has 0 aliphatic carbocycles. The predicted octanol–water partition coefficient (Wildman–Crippen LogP) is 1.76. The van der Waals surface area contributed by atoms with E-state index in [1.165, 1.54) is 31.4 Å². The molecule has 3 aromatic rings. The fourth-order valence-electron chi connectivity index (χ4n) is 2.56. The van der Waals surface area contributed by atoms with Gasteiger partial charge in [0.05, 0.1) is 16.9 Å². The fourth-order valence-corrected chi connectivity index (χ4v) is 3.40. The Kier molecular flexibility index (Phi) is 7.00. The number of hydrogen-bond acceptors (Lipinski definition) is 10. The third kappa shape index (κ3) is 5.69. The zero-order chi connectivity index (χ0) is 24.0. The Labute approximate surface area is 188 Å². The van der Waals surface area contributed by atoms with E-state index in [0.717, 1.165) is 11.9 Å². The van der Waals surface area contributed by atoms with E-state index in [4.69, 9.17) is 4.74 Å². The predicted molar refractivity (Wildman–Crippen MR) is 118 cm³/mol. The number of hydrogen-bond donors (Lipinski definition) is 4. The molecule has 0 aliphatic heterocycles. The van der Waals surface area contributed by atoms with Crippen molar-refractivity contribution in [3.8, 4) is 5.75 Å². The Bertz CT molecular complexity index is 1260. The van der Waals surface area contributed by atoms with Gasteiger partial charge in [-0.15, -0.1) is 4.83 Å². The third-order valence-corrected chi connectivity index (χ3v) is 5.55. The first kappa shape index (κ1) is 23.4. The fraction of sp³-hybridized carbons (Fsp3) is 0.105. The van der Waals surface area contributed by atoms with Gasteiger partial charge in [0.1, 0.15) is 12.1 Å². The van der Waals surface area contributed by atoms with E-state index in [-0.39, 0.29) is 16.3 Å². The van der Waals surface area contributed by atoms with E-state index < -0.39 is 32.4 Å². The van der Waals surface area contributed by atoms with Crippen LogP contribution in [0.25, 0.3) is 0 Å². The van der Waals surface area contributed by atoms with Gasteiger partial charge in [-0.05, 0) is 43.3 Å². The molecule has 1 amide bonds. The molecule has 0 aliphatic rings. The van der Waals surface area contributed by atoms with E-state index in [9.17, 15) is 23.3 Å². The van der Waals surface area contributed by atoms with Crippen LogP contribution in [-0.4, -0.2) is 36.3 Å². The number of methoxy groups -OCH3 is 1. The Morgan fingerprint density at radius 3 is 2.18 bits per heavy atom. The number of sulfonamides is 1. The molecule has 2 aromatic carbocycles. The lowest BCUT2D eigenvalue weighted by molar-refractivity contribution is -0.383. The summed E-state index contributed by atoms with van der Waals surface area (Å²) in [5.41, 5.74) is 7.29. The minimum absolute atomic E-state index is 0.0533. The zero-order valence-corrected chi connectivity index (χ0v) is 18.2. The summed E-state index contributed by atoms with van der Waals surface area (Å²) in [6.45, 7) is 1.80. The van der Waals surface area contributed by atoms with Gasteiger partial charge in [0.2, 0.25) is 11.6 Å². The summed E-state index contributed by atoms with van der Waals surface area (Å²) in [4.78, 5) is 32.5. The first-order valence-electron chi connectivity index (χ1n) is 9.25. The van der Waals surface area contributed by atoms with Gasteiger partial charge in [-0.1, -0.05) is 17.7 Å². The van der Waals surface area contributed by atoms with Crippen molar-refractivity contribution in [1.82, 2.24) is 20.2 Å². The van der Waals surface area contributed by atoms with Crippen LogP contribution in [-0.2, 0) is 10.0 Å². The maximum Gasteiger partial charge on any atom is 0.356 e. The summed E-state index contributed by atoms with van der Waals surface area (Å²) in [6.07, 6.45) is 0.956. The van der Waals surface area contributed by atoms with Crippen LogP contribution in [0.4, 0.5) is 17.3 Å². The number of nitrogens with one attached hydrogen (secondary N) is 4. The summed E-state index contributed by atoms with van der Waals surface area (Å²) < 4.78 is 29.9. The van der Waals surface area contributed by atoms with Gasteiger partial charge >= 0.3 is 5.69 Å². The van der Waals surface area contributed by atoms with Crippen LogP contribution in [0.1, 0.15) is 15.9 Å². The summed E-state index contributed by atoms with van der Waals surface area (Å²) in [7, 11) is -2.56. The quantitative estimate of drug-likeness (QED) is 0.264. The van der Waals surface area contributed by atoms with Crippen LogP contribution in [0, 0.1) is 17.0 Å². The number of amides is 1. The van der Waals surface area contributed by atoms with Gasteiger partial charge in [0.15, 0.2) is 0 Å². The molecule has 1 aromatic heterocycles. The molecule has 33 heavy (non-hydrogen) atoms. The average molecular weight is 473 g/mol. The monoisotopic (exact) mass is 473 g/mol. The number of anilines is 2. The maximum atomic E-state index is 12.4. The lowest BCUT2D eigenvalue weighted by Gasteiger charge is -2.12. The first-order valence-corrected chi connectivity index (χ1v) is 10.7. The Morgan fingerprint density at radius 2 is 1.61 bits per heavy atom. The maximum absolute atomic E-state index is 12.4. The molecule has 3 rings (SSSR count).